The van der Waals surface area contributed by atoms with Crippen LogP contribution in [0.3, 0.4) is 0 Å². The molecule has 0 aliphatic rings. The lowest BCUT2D eigenvalue weighted by atomic mass is 10.0. The molecule has 0 radical (unpaired) electrons. The summed E-state index contributed by atoms with van der Waals surface area (Å²) in [5.41, 5.74) is 1.19. The molecule has 0 spiro atoms. The number of aliphatic hydroxyl groups is 1. The first-order valence-electron chi connectivity index (χ1n) is 9.27. The third kappa shape index (κ3) is 7.09. The van der Waals surface area contributed by atoms with Crippen molar-refractivity contribution in [2.75, 3.05) is 5.32 Å². The summed E-state index contributed by atoms with van der Waals surface area (Å²) in [5.74, 6) is -1.96. The van der Waals surface area contributed by atoms with Crippen molar-refractivity contribution in [3.05, 3.63) is 52.8 Å². The van der Waals surface area contributed by atoms with Crippen LogP contribution in [0.25, 0.3) is 0 Å². The highest BCUT2D eigenvalue weighted by atomic mass is 31.2. The summed E-state index contributed by atoms with van der Waals surface area (Å²) in [6.45, 7) is 1.98. The normalized spacial score (nSPS) is 13.4. The number of aliphatic carboxylic acids is 1. The number of carbonyl (C=O) groups is 2. The summed E-state index contributed by atoms with van der Waals surface area (Å²) in [7, 11) is -4.79. The Balaban J connectivity index is 2.22. The number of aromatic nitrogens is 1. The van der Waals surface area contributed by atoms with E-state index in [1.165, 1.54) is 44.3 Å². The van der Waals surface area contributed by atoms with Gasteiger partial charge in [0.2, 0.25) is 5.91 Å². The van der Waals surface area contributed by atoms with Crippen LogP contribution in [-0.2, 0) is 31.8 Å². The lowest BCUT2D eigenvalue weighted by molar-refractivity contribution is -0.142. The largest absolute Gasteiger partial charge is 0.506 e. The molecule has 1 aromatic carbocycles. The monoisotopic (exact) mass is 469 g/mol. The number of nitrogens with zero attached hydrogens (tertiary/aromatic N) is 1. The van der Waals surface area contributed by atoms with E-state index < -0.39 is 32.5 Å². The number of carboxylic acid groups (broad SMARTS) is 1. The minimum atomic E-state index is -4.79. The zero-order chi connectivity index (χ0) is 24.1. The smallest absolute Gasteiger partial charge is 0.469 e. The molecular formula is C19H24N3O9P. The van der Waals surface area contributed by atoms with Gasteiger partial charge < -0.3 is 30.4 Å². The van der Waals surface area contributed by atoms with Gasteiger partial charge in [0, 0.05) is 36.5 Å². The van der Waals surface area contributed by atoms with Crippen LogP contribution in [0, 0.1) is 6.92 Å². The molecule has 0 fully saturated rings. The van der Waals surface area contributed by atoms with E-state index in [2.05, 4.69) is 20.1 Å². The van der Waals surface area contributed by atoms with Crippen molar-refractivity contribution < 1.29 is 43.8 Å². The number of rotatable bonds is 10. The zero-order valence-corrected chi connectivity index (χ0v) is 18.1. The number of aromatic hydroxyl groups is 1. The predicted octanol–water partition coefficient (Wildman–Crippen LogP) is 0.940. The lowest BCUT2D eigenvalue weighted by Crippen LogP contribution is -2.41. The number of pyridine rings is 1. The van der Waals surface area contributed by atoms with E-state index in [9.17, 15) is 29.5 Å². The summed E-state index contributed by atoms with van der Waals surface area (Å²) >= 11 is 0. The van der Waals surface area contributed by atoms with Crippen LogP contribution in [0.4, 0.5) is 5.69 Å². The molecule has 0 saturated carbocycles. The number of amides is 1. The van der Waals surface area contributed by atoms with Gasteiger partial charge in [-0.2, -0.15) is 0 Å². The Morgan fingerprint density at radius 3 is 2.38 bits per heavy atom. The van der Waals surface area contributed by atoms with E-state index in [1.807, 2.05) is 0 Å². The topological polar surface area (TPSA) is 199 Å². The van der Waals surface area contributed by atoms with Gasteiger partial charge in [0.15, 0.2) is 0 Å². The second-order valence-electron chi connectivity index (χ2n) is 6.90. The Bertz CT molecular complexity index is 1020. The quantitative estimate of drug-likeness (QED) is 0.244. The Labute approximate surface area is 183 Å². The van der Waals surface area contributed by atoms with Crippen LogP contribution in [0.15, 0.2) is 30.5 Å². The summed E-state index contributed by atoms with van der Waals surface area (Å²) < 4.78 is 15.4. The average Bonchev–Trinajstić information content (AvgIpc) is 2.69. The second-order valence-corrected chi connectivity index (χ2v) is 8.14. The average molecular weight is 469 g/mol. The Morgan fingerprint density at radius 1 is 1.22 bits per heavy atom. The van der Waals surface area contributed by atoms with E-state index in [1.54, 1.807) is 0 Å². The molecule has 1 heterocycles. The fourth-order valence-electron chi connectivity index (χ4n) is 2.86. The maximum absolute atomic E-state index is 11.8. The van der Waals surface area contributed by atoms with Crippen molar-refractivity contribution >= 4 is 25.4 Å². The van der Waals surface area contributed by atoms with Gasteiger partial charge >= 0.3 is 13.8 Å². The minimum Gasteiger partial charge on any atom is -0.506 e. The molecule has 1 amide bonds. The number of hydrogen-bond donors (Lipinski definition) is 7. The number of anilines is 1. The van der Waals surface area contributed by atoms with Gasteiger partial charge in [0.25, 0.3) is 0 Å². The molecule has 7 N–H and O–H groups in total. The number of hydrogen-bond acceptors (Lipinski definition) is 8. The van der Waals surface area contributed by atoms with Gasteiger partial charge in [-0.3, -0.25) is 24.4 Å². The molecule has 0 unspecified atom stereocenters. The van der Waals surface area contributed by atoms with E-state index in [0.717, 1.165) is 0 Å². The molecule has 1 aromatic heterocycles. The van der Waals surface area contributed by atoms with E-state index in [4.69, 9.17) is 9.79 Å². The van der Waals surface area contributed by atoms with Crippen molar-refractivity contribution in [3.8, 4) is 5.75 Å². The first-order valence-corrected chi connectivity index (χ1v) is 10.8. The molecule has 13 heteroatoms. The van der Waals surface area contributed by atoms with Crippen molar-refractivity contribution in [1.82, 2.24) is 10.3 Å². The predicted molar refractivity (Wildman–Crippen MR) is 111 cm³/mol. The molecule has 2 aromatic rings. The van der Waals surface area contributed by atoms with Gasteiger partial charge in [0.1, 0.15) is 17.9 Å². The molecule has 0 aliphatic heterocycles. The summed E-state index contributed by atoms with van der Waals surface area (Å²) in [5, 5.41) is 35.7. The first kappa shape index (κ1) is 25.4. The van der Waals surface area contributed by atoms with E-state index in [-0.39, 0.29) is 40.6 Å². The summed E-state index contributed by atoms with van der Waals surface area (Å²) in [6.07, 6.45) is -0.243. The number of aryl methyl sites for hydroxylation is 1. The van der Waals surface area contributed by atoms with Crippen molar-refractivity contribution in [3.63, 3.8) is 0 Å². The number of carboxylic acids is 1. The fraction of sp³-hybridized carbons (Fsp3) is 0.316. The van der Waals surface area contributed by atoms with Gasteiger partial charge in [0.05, 0.1) is 12.3 Å². The van der Waals surface area contributed by atoms with Crippen molar-refractivity contribution in [1.29, 1.82) is 0 Å². The van der Waals surface area contributed by atoms with Crippen LogP contribution < -0.4 is 10.6 Å². The van der Waals surface area contributed by atoms with Crippen LogP contribution in [0.5, 0.6) is 5.75 Å². The highest BCUT2D eigenvalue weighted by molar-refractivity contribution is 7.46. The third-order valence-electron chi connectivity index (χ3n) is 4.47. The minimum absolute atomic E-state index is 0.116. The Morgan fingerprint density at radius 2 is 1.84 bits per heavy atom. The van der Waals surface area contributed by atoms with E-state index in [0.29, 0.717) is 5.69 Å². The van der Waals surface area contributed by atoms with Crippen LogP contribution in [-0.4, -0.2) is 48.0 Å². The molecular weight excluding hydrogens is 445 g/mol. The third-order valence-corrected chi connectivity index (χ3v) is 4.94. The molecule has 0 saturated heterocycles. The van der Waals surface area contributed by atoms with E-state index >= 15 is 0 Å². The zero-order valence-electron chi connectivity index (χ0n) is 17.2. The van der Waals surface area contributed by atoms with Gasteiger partial charge in [-0.15, -0.1) is 0 Å². The summed E-state index contributed by atoms with van der Waals surface area (Å²) in [4.78, 5) is 44.6. The standard InChI is InChI=1S/C19H24N3O9P/c1-10-17(24)15(13(7-20-10)9-31-32(28,29)30)8-21-16(19(26)27)18(25)12-3-5-14(6-4-12)22-11(2)23/h3-7,16,18,21,24-25H,8-9H2,1-2H3,(H,22,23)(H,26,27)(H2,28,29,30)/t16-,18-/m0/s1. The number of aliphatic hydroxyl groups excluding tert-OH is 1. The Kier molecular flexibility index (Phi) is 8.44. The number of phosphoric ester groups is 1. The molecule has 2 atom stereocenters. The van der Waals surface area contributed by atoms with Gasteiger partial charge in [-0.25, -0.2) is 4.57 Å². The van der Waals surface area contributed by atoms with Crippen LogP contribution in [0.2, 0.25) is 0 Å². The van der Waals surface area contributed by atoms with Crippen LogP contribution in [0.1, 0.15) is 35.4 Å². The molecule has 32 heavy (non-hydrogen) atoms. The second kappa shape index (κ2) is 10.6. The van der Waals surface area contributed by atoms with Crippen molar-refractivity contribution in [2.45, 2.75) is 39.1 Å². The number of benzene rings is 1. The maximum Gasteiger partial charge on any atom is 0.469 e. The molecule has 12 nitrogen and oxygen atoms in total. The number of nitrogens with one attached hydrogen (secondary N) is 2. The Hall–Kier alpha value is -2.86. The first-order chi connectivity index (χ1) is 14.9. The molecule has 174 valence electrons. The van der Waals surface area contributed by atoms with Crippen LogP contribution >= 0.6 is 7.82 Å². The molecule has 0 aliphatic carbocycles. The maximum atomic E-state index is 11.8. The molecule has 0 bridgehead atoms. The fourth-order valence-corrected chi connectivity index (χ4v) is 3.17. The number of carbonyl (C=O) groups excluding carboxylic acids is 1. The number of phosphoric acid groups is 1. The van der Waals surface area contributed by atoms with Crippen molar-refractivity contribution in [2.24, 2.45) is 0 Å². The molecule has 2 rings (SSSR count). The highest BCUT2D eigenvalue weighted by Gasteiger charge is 2.28. The lowest BCUT2D eigenvalue weighted by Gasteiger charge is -2.22. The van der Waals surface area contributed by atoms with Gasteiger partial charge in [-0.1, -0.05) is 12.1 Å². The van der Waals surface area contributed by atoms with Gasteiger partial charge in [-0.05, 0) is 24.6 Å². The summed E-state index contributed by atoms with van der Waals surface area (Å²) in [6, 6.07) is 4.44. The highest BCUT2D eigenvalue weighted by Crippen LogP contribution is 2.38. The SMILES string of the molecule is CC(=O)Nc1ccc([C@H](O)[C@H](NCc2c(COP(=O)(O)O)cnc(C)c2O)C(=O)O)cc1.